The Kier molecular flexibility index (Phi) is 5.17. The molecule has 0 unspecified atom stereocenters. The Bertz CT molecular complexity index is 568. The van der Waals surface area contributed by atoms with Crippen molar-refractivity contribution in [2.45, 2.75) is 11.3 Å². The van der Waals surface area contributed by atoms with Crippen LogP contribution in [-0.4, -0.2) is 28.0 Å². The van der Waals surface area contributed by atoms with Crippen molar-refractivity contribution in [3.05, 3.63) is 48.0 Å². The number of hydrogen-bond donors (Lipinski definition) is 1. The summed E-state index contributed by atoms with van der Waals surface area (Å²) in [7, 11) is 1.77. The third kappa shape index (κ3) is 4.38. The lowest BCUT2D eigenvalue weighted by molar-refractivity contribution is 0.0953. The lowest BCUT2D eigenvalue weighted by Gasteiger charge is -2.04. The van der Waals surface area contributed by atoms with Crippen LogP contribution in [0, 0.1) is 5.82 Å². The first-order valence-electron chi connectivity index (χ1n) is 6.30. The zero-order valence-corrected chi connectivity index (χ0v) is 12.0. The van der Waals surface area contributed by atoms with Gasteiger partial charge in [-0.05, 0) is 36.4 Å². The number of nitrogens with zero attached hydrogens (tertiary/aromatic N) is 2. The number of thioether (sulfide) groups is 1. The first-order chi connectivity index (χ1) is 9.65. The fourth-order valence-electron chi connectivity index (χ4n) is 1.64. The van der Waals surface area contributed by atoms with E-state index in [0.29, 0.717) is 12.1 Å². The topological polar surface area (TPSA) is 46.9 Å². The van der Waals surface area contributed by atoms with Gasteiger partial charge < -0.3 is 5.32 Å². The SMILES string of the molecule is Cn1cc(C(=O)NCCCSc2ccc(F)cc2)cn1. The third-order valence-corrected chi connectivity index (χ3v) is 3.75. The Morgan fingerprint density at radius 2 is 2.15 bits per heavy atom. The van der Waals surface area contributed by atoms with Crippen molar-refractivity contribution in [2.75, 3.05) is 12.3 Å². The number of halogens is 1. The molecular formula is C14H16FN3OS. The third-order valence-electron chi connectivity index (χ3n) is 2.66. The highest BCUT2D eigenvalue weighted by Gasteiger charge is 2.06. The van der Waals surface area contributed by atoms with Crippen LogP contribution in [0.25, 0.3) is 0 Å². The van der Waals surface area contributed by atoms with Gasteiger partial charge >= 0.3 is 0 Å². The van der Waals surface area contributed by atoms with E-state index in [-0.39, 0.29) is 11.7 Å². The highest BCUT2D eigenvalue weighted by atomic mass is 32.2. The van der Waals surface area contributed by atoms with Crippen LogP contribution in [0.5, 0.6) is 0 Å². The molecule has 0 saturated carbocycles. The van der Waals surface area contributed by atoms with Crippen molar-refractivity contribution in [1.29, 1.82) is 0 Å². The molecule has 0 fully saturated rings. The minimum atomic E-state index is -0.224. The number of benzene rings is 1. The van der Waals surface area contributed by atoms with Gasteiger partial charge in [0.2, 0.25) is 0 Å². The second kappa shape index (κ2) is 7.09. The number of aromatic nitrogens is 2. The van der Waals surface area contributed by atoms with E-state index in [1.807, 2.05) is 0 Å². The summed E-state index contributed by atoms with van der Waals surface area (Å²) >= 11 is 1.65. The van der Waals surface area contributed by atoms with Gasteiger partial charge in [-0.3, -0.25) is 9.48 Å². The van der Waals surface area contributed by atoms with Gasteiger partial charge in [0.1, 0.15) is 5.82 Å². The molecule has 1 N–H and O–H groups in total. The Morgan fingerprint density at radius 3 is 2.80 bits per heavy atom. The monoisotopic (exact) mass is 293 g/mol. The van der Waals surface area contributed by atoms with Gasteiger partial charge in [-0.1, -0.05) is 0 Å². The molecule has 0 aliphatic rings. The van der Waals surface area contributed by atoms with Gasteiger partial charge in [-0.15, -0.1) is 11.8 Å². The van der Waals surface area contributed by atoms with Crippen LogP contribution in [-0.2, 0) is 7.05 Å². The Balaban J connectivity index is 1.64. The lowest BCUT2D eigenvalue weighted by atomic mass is 10.3. The zero-order chi connectivity index (χ0) is 14.4. The largest absolute Gasteiger partial charge is 0.352 e. The molecule has 1 heterocycles. The normalized spacial score (nSPS) is 10.5. The fraction of sp³-hybridized carbons (Fsp3) is 0.286. The molecule has 0 spiro atoms. The molecule has 0 aliphatic heterocycles. The van der Waals surface area contributed by atoms with Crippen LogP contribution in [0.4, 0.5) is 4.39 Å². The molecule has 0 saturated heterocycles. The molecular weight excluding hydrogens is 277 g/mol. The summed E-state index contributed by atoms with van der Waals surface area (Å²) in [6.07, 6.45) is 4.08. The van der Waals surface area contributed by atoms with E-state index in [2.05, 4.69) is 10.4 Å². The maximum atomic E-state index is 12.7. The molecule has 1 aromatic heterocycles. The molecule has 20 heavy (non-hydrogen) atoms. The first kappa shape index (κ1) is 14.6. The summed E-state index contributed by atoms with van der Waals surface area (Å²) < 4.78 is 14.3. The molecule has 0 bridgehead atoms. The Morgan fingerprint density at radius 1 is 1.40 bits per heavy atom. The number of nitrogens with one attached hydrogen (secondary N) is 1. The van der Waals surface area contributed by atoms with Crippen molar-refractivity contribution >= 4 is 17.7 Å². The molecule has 1 amide bonds. The van der Waals surface area contributed by atoms with Gasteiger partial charge in [-0.2, -0.15) is 5.10 Å². The predicted molar refractivity (Wildman–Crippen MR) is 77.3 cm³/mol. The number of carbonyl (C=O) groups excluding carboxylic acids is 1. The Hall–Kier alpha value is -1.82. The molecule has 0 aliphatic carbocycles. The summed E-state index contributed by atoms with van der Waals surface area (Å²) in [6.45, 7) is 0.613. The number of amides is 1. The van der Waals surface area contributed by atoms with Crippen molar-refractivity contribution in [3.8, 4) is 0 Å². The van der Waals surface area contributed by atoms with E-state index >= 15 is 0 Å². The quantitative estimate of drug-likeness (QED) is 0.657. The van der Waals surface area contributed by atoms with E-state index in [0.717, 1.165) is 17.1 Å². The minimum absolute atomic E-state index is 0.107. The highest BCUT2D eigenvalue weighted by molar-refractivity contribution is 7.99. The van der Waals surface area contributed by atoms with Crippen LogP contribution in [0.2, 0.25) is 0 Å². The van der Waals surface area contributed by atoms with E-state index < -0.39 is 0 Å². The van der Waals surface area contributed by atoms with Gasteiger partial charge in [0.25, 0.3) is 5.91 Å². The summed E-state index contributed by atoms with van der Waals surface area (Å²) in [6, 6.07) is 6.42. The minimum Gasteiger partial charge on any atom is -0.352 e. The van der Waals surface area contributed by atoms with E-state index in [4.69, 9.17) is 0 Å². The maximum Gasteiger partial charge on any atom is 0.254 e. The van der Waals surface area contributed by atoms with Gasteiger partial charge in [0, 0.05) is 24.7 Å². The standard InChI is InChI=1S/C14H16FN3OS/c1-18-10-11(9-17-18)14(19)16-7-2-8-20-13-5-3-12(15)4-6-13/h3-6,9-10H,2,7-8H2,1H3,(H,16,19). The van der Waals surface area contributed by atoms with Crippen LogP contribution in [0.1, 0.15) is 16.8 Å². The smallest absolute Gasteiger partial charge is 0.254 e. The predicted octanol–water partition coefficient (Wildman–Crippen LogP) is 2.47. The Labute approximate surface area is 121 Å². The summed E-state index contributed by atoms with van der Waals surface area (Å²) in [4.78, 5) is 12.7. The van der Waals surface area contributed by atoms with Crippen LogP contribution < -0.4 is 5.32 Å². The molecule has 0 radical (unpaired) electrons. The summed E-state index contributed by atoms with van der Waals surface area (Å²) in [5.41, 5.74) is 0.568. The van der Waals surface area contributed by atoms with Gasteiger partial charge in [0.05, 0.1) is 11.8 Å². The number of carbonyl (C=O) groups is 1. The number of rotatable bonds is 6. The van der Waals surface area contributed by atoms with E-state index in [9.17, 15) is 9.18 Å². The van der Waals surface area contributed by atoms with Gasteiger partial charge in [0.15, 0.2) is 0 Å². The molecule has 6 heteroatoms. The second-order valence-electron chi connectivity index (χ2n) is 4.31. The zero-order valence-electron chi connectivity index (χ0n) is 11.2. The summed E-state index contributed by atoms with van der Waals surface area (Å²) in [5, 5.41) is 6.79. The van der Waals surface area contributed by atoms with Crippen molar-refractivity contribution in [2.24, 2.45) is 7.05 Å². The molecule has 2 aromatic rings. The fourth-order valence-corrected chi connectivity index (χ4v) is 2.49. The molecule has 1 aromatic carbocycles. The van der Waals surface area contributed by atoms with Crippen molar-refractivity contribution < 1.29 is 9.18 Å². The van der Waals surface area contributed by atoms with E-state index in [1.54, 1.807) is 48.0 Å². The number of hydrogen-bond acceptors (Lipinski definition) is 3. The van der Waals surface area contributed by atoms with Crippen molar-refractivity contribution in [3.63, 3.8) is 0 Å². The maximum absolute atomic E-state index is 12.7. The van der Waals surface area contributed by atoms with Crippen molar-refractivity contribution in [1.82, 2.24) is 15.1 Å². The average Bonchev–Trinajstić information content (AvgIpc) is 2.87. The molecule has 0 atom stereocenters. The molecule has 4 nitrogen and oxygen atoms in total. The number of aryl methyl sites for hydroxylation is 1. The highest BCUT2D eigenvalue weighted by Crippen LogP contribution is 2.18. The van der Waals surface area contributed by atoms with Crippen LogP contribution >= 0.6 is 11.8 Å². The second-order valence-corrected chi connectivity index (χ2v) is 5.48. The lowest BCUT2D eigenvalue weighted by Crippen LogP contribution is -2.24. The first-order valence-corrected chi connectivity index (χ1v) is 7.29. The van der Waals surface area contributed by atoms with E-state index in [1.165, 1.54) is 12.1 Å². The van der Waals surface area contributed by atoms with Crippen LogP contribution in [0.15, 0.2) is 41.6 Å². The molecule has 2 rings (SSSR count). The molecule has 106 valence electrons. The summed E-state index contributed by atoms with van der Waals surface area (Å²) in [5.74, 6) is 0.543. The van der Waals surface area contributed by atoms with Gasteiger partial charge in [-0.25, -0.2) is 4.39 Å². The van der Waals surface area contributed by atoms with Crippen LogP contribution in [0.3, 0.4) is 0 Å². The average molecular weight is 293 g/mol.